The molecule has 74 valence electrons. The quantitative estimate of drug-likeness (QED) is 0.636. The van der Waals surface area contributed by atoms with E-state index in [1.165, 1.54) is 0 Å². The van der Waals surface area contributed by atoms with Crippen molar-refractivity contribution in [2.45, 2.75) is 6.04 Å². The molecule has 0 aliphatic carbocycles. The van der Waals surface area contributed by atoms with E-state index in [9.17, 15) is 4.79 Å². The molecule has 0 unspecified atom stereocenters. The maximum atomic E-state index is 11.4. The van der Waals surface area contributed by atoms with Crippen molar-refractivity contribution in [1.82, 2.24) is 0 Å². The predicted molar refractivity (Wildman–Crippen MR) is 52.6 cm³/mol. The van der Waals surface area contributed by atoms with Gasteiger partial charge in [0, 0.05) is 5.56 Å². The van der Waals surface area contributed by atoms with Gasteiger partial charge in [-0.2, -0.15) is 4.79 Å². The van der Waals surface area contributed by atoms with Crippen molar-refractivity contribution in [2.24, 2.45) is 0 Å². The highest BCUT2D eigenvalue weighted by Gasteiger charge is 2.45. The van der Waals surface area contributed by atoms with Crippen LogP contribution in [0.5, 0.6) is 0 Å². The van der Waals surface area contributed by atoms with Gasteiger partial charge in [0.2, 0.25) is 0 Å². The molecule has 0 saturated carbocycles. The van der Waals surface area contributed by atoms with Crippen LogP contribution in [-0.4, -0.2) is 31.3 Å². The molecule has 1 aromatic rings. The van der Waals surface area contributed by atoms with Crippen LogP contribution >= 0.6 is 0 Å². The van der Waals surface area contributed by atoms with Gasteiger partial charge in [-0.3, -0.25) is 0 Å². The molecule has 1 saturated heterocycles. The molecule has 1 amide bonds. The lowest BCUT2D eigenvalue weighted by Crippen LogP contribution is -2.42. The molecule has 0 radical (unpaired) electrons. The Morgan fingerprint density at radius 2 is 1.93 bits per heavy atom. The lowest BCUT2D eigenvalue weighted by atomic mass is 10.1. The topological polar surface area (TPSA) is 26.3 Å². The molecule has 0 bridgehead atoms. The fourth-order valence-corrected chi connectivity index (χ4v) is 1.77. The molecule has 0 spiro atoms. The smallest absolute Gasteiger partial charge is 0.413 e. The van der Waals surface area contributed by atoms with E-state index in [4.69, 9.17) is 4.74 Å². The molecule has 3 nitrogen and oxygen atoms in total. The molecular formula is C11H14NO2+. The number of hydrogen-bond donors (Lipinski definition) is 0. The molecule has 1 fully saturated rings. The summed E-state index contributed by atoms with van der Waals surface area (Å²) in [5.41, 5.74) is 1.16. The van der Waals surface area contributed by atoms with Gasteiger partial charge in [-0.1, -0.05) is 30.3 Å². The van der Waals surface area contributed by atoms with E-state index in [0.717, 1.165) is 5.56 Å². The van der Waals surface area contributed by atoms with Gasteiger partial charge in [-0.15, -0.1) is 0 Å². The van der Waals surface area contributed by atoms with Gasteiger partial charge < -0.3 is 4.74 Å². The highest BCUT2D eigenvalue weighted by atomic mass is 16.6. The second-order valence-electron chi connectivity index (χ2n) is 4.04. The van der Waals surface area contributed by atoms with Crippen LogP contribution in [0.25, 0.3) is 0 Å². The number of rotatable bonds is 1. The molecule has 0 aromatic heterocycles. The minimum atomic E-state index is -0.154. The van der Waals surface area contributed by atoms with Gasteiger partial charge in [0.15, 0.2) is 12.6 Å². The van der Waals surface area contributed by atoms with E-state index < -0.39 is 0 Å². The first-order valence-electron chi connectivity index (χ1n) is 4.68. The standard InChI is InChI=1S/C11H14NO2/c1-12(2)10(8-14-11(12)13)9-6-4-3-5-7-9/h3-7,10H,8H2,1-2H3/q+1/t10-/m1/s1. The third-order valence-electron chi connectivity index (χ3n) is 2.80. The van der Waals surface area contributed by atoms with Crippen LogP contribution in [0.15, 0.2) is 30.3 Å². The van der Waals surface area contributed by atoms with Gasteiger partial charge >= 0.3 is 6.09 Å². The lowest BCUT2D eigenvalue weighted by molar-refractivity contribution is -0.832. The predicted octanol–water partition coefficient (Wildman–Crippen LogP) is 1.95. The van der Waals surface area contributed by atoms with Gasteiger partial charge in [0.1, 0.15) is 0 Å². The van der Waals surface area contributed by atoms with E-state index in [1.54, 1.807) is 0 Å². The summed E-state index contributed by atoms with van der Waals surface area (Å²) in [5, 5.41) is 0. The van der Waals surface area contributed by atoms with Crippen molar-refractivity contribution in [2.75, 3.05) is 20.7 Å². The summed E-state index contributed by atoms with van der Waals surface area (Å²) in [6, 6.07) is 10.1. The molecule has 1 aromatic carbocycles. The summed E-state index contributed by atoms with van der Waals surface area (Å²) >= 11 is 0. The second-order valence-corrected chi connectivity index (χ2v) is 4.04. The fourth-order valence-electron chi connectivity index (χ4n) is 1.77. The molecule has 1 heterocycles. The average molecular weight is 192 g/mol. The number of likely N-dealkylation sites (N-methyl/N-ethyl adjacent to an activating group) is 1. The zero-order valence-electron chi connectivity index (χ0n) is 8.43. The van der Waals surface area contributed by atoms with E-state index in [-0.39, 0.29) is 16.6 Å². The number of carbonyl (C=O) groups is 1. The largest absolute Gasteiger partial charge is 0.516 e. The fraction of sp³-hybridized carbons (Fsp3) is 0.364. The van der Waals surface area contributed by atoms with Crippen LogP contribution < -0.4 is 0 Å². The third kappa shape index (κ3) is 1.30. The Morgan fingerprint density at radius 3 is 2.43 bits per heavy atom. The van der Waals surface area contributed by atoms with Gasteiger partial charge in [0.05, 0.1) is 14.1 Å². The highest BCUT2D eigenvalue weighted by Crippen LogP contribution is 2.31. The normalized spacial score (nSPS) is 24.7. The number of benzene rings is 1. The molecule has 1 atom stereocenters. The van der Waals surface area contributed by atoms with Crippen molar-refractivity contribution < 1.29 is 14.0 Å². The van der Waals surface area contributed by atoms with E-state index in [2.05, 4.69) is 0 Å². The summed E-state index contributed by atoms with van der Waals surface area (Å²) in [6.45, 7) is 0.482. The third-order valence-corrected chi connectivity index (χ3v) is 2.80. The zero-order valence-corrected chi connectivity index (χ0v) is 8.43. The van der Waals surface area contributed by atoms with Crippen molar-refractivity contribution in [1.29, 1.82) is 0 Å². The number of nitrogens with zero attached hydrogens (tertiary/aromatic N) is 1. The highest BCUT2D eigenvalue weighted by molar-refractivity contribution is 5.61. The van der Waals surface area contributed by atoms with Crippen LogP contribution in [0.2, 0.25) is 0 Å². The molecule has 1 aliphatic rings. The summed E-state index contributed by atoms with van der Waals surface area (Å²) < 4.78 is 5.35. The van der Waals surface area contributed by atoms with Crippen molar-refractivity contribution >= 4 is 6.09 Å². The van der Waals surface area contributed by atoms with Crippen molar-refractivity contribution in [3.63, 3.8) is 0 Å². The van der Waals surface area contributed by atoms with Crippen LogP contribution in [0.1, 0.15) is 11.6 Å². The Hall–Kier alpha value is -1.35. The first kappa shape index (κ1) is 9.21. The van der Waals surface area contributed by atoms with Crippen molar-refractivity contribution in [3.05, 3.63) is 35.9 Å². The summed E-state index contributed by atoms with van der Waals surface area (Å²) in [4.78, 5) is 11.4. The number of quaternary nitrogens is 1. The first-order chi connectivity index (χ1) is 6.62. The maximum Gasteiger partial charge on any atom is 0.516 e. The molecule has 1 aliphatic heterocycles. The Bertz CT molecular complexity index is 346. The SMILES string of the molecule is C[N+]1(C)C(=O)OC[C@@H]1c1ccccc1. The number of cyclic esters (lactones) is 1. The Kier molecular flexibility index (Phi) is 2.04. The summed E-state index contributed by atoms with van der Waals surface area (Å²) in [6.07, 6.45) is -0.154. The number of amides is 1. The molecule has 2 rings (SSSR count). The van der Waals surface area contributed by atoms with Crippen LogP contribution in [0.3, 0.4) is 0 Å². The minimum Gasteiger partial charge on any atom is -0.413 e. The van der Waals surface area contributed by atoms with Crippen molar-refractivity contribution in [3.8, 4) is 0 Å². The van der Waals surface area contributed by atoms with E-state index in [0.29, 0.717) is 6.61 Å². The molecule has 0 N–H and O–H groups in total. The van der Waals surface area contributed by atoms with Crippen LogP contribution in [0, 0.1) is 0 Å². The Balaban J connectivity index is 2.33. The second kappa shape index (κ2) is 3.10. The van der Waals surface area contributed by atoms with Gasteiger partial charge in [-0.25, -0.2) is 4.48 Å². The summed E-state index contributed by atoms with van der Waals surface area (Å²) in [7, 11) is 3.76. The minimum absolute atomic E-state index is 0.128. The zero-order chi connectivity index (χ0) is 10.2. The summed E-state index contributed by atoms with van der Waals surface area (Å²) in [5.74, 6) is 0. The number of ether oxygens (including phenoxy) is 1. The molecular weight excluding hydrogens is 178 g/mol. The van der Waals surface area contributed by atoms with Gasteiger partial charge in [0.25, 0.3) is 0 Å². The Morgan fingerprint density at radius 1 is 1.29 bits per heavy atom. The Labute approximate surface area is 83.5 Å². The molecule has 14 heavy (non-hydrogen) atoms. The van der Waals surface area contributed by atoms with Crippen LogP contribution in [-0.2, 0) is 4.74 Å². The van der Waals surface area contributed by atoms with E-state index >= 15 is 0 Å². The number of carbonyl (C=O) groups excluding carboxylic acids is 1. The lowest BCUT2D eigenvalue weighted by Gasteiger charge is -2.24. The first-order valence-corrected chi connectivity index (χ1v) is 4.68. The maximum absolute atomic E-state index is 11.4. The van der Waals surface area contributed by atoms with Crippen LogP contribution in [0.4, 0.5) is 4.79 Å². The molecule has 3 heteroatoms. The van der Waals surface area contributed by atoms with Gasteiger partial charge in [-0.05, 0) is 0 Å². The van der Waals surface area contributed by atoms with E-state index in [1.807, 2.05) is 44.4 Å². The monoisotopic (exact) mass is 192 g/mol. The number of hydrogen-bond acceptors (Lipinski definition) is 2. The average Bonchev–Trinajstić information content (AvgIpc) is 2.44.